The number of hydrogen-bond donors (Lipinski definition) is 2. The summed E-state index contributed by atoms with van der Waals surface area (Å²) in [4.78, 5) is 12.0. The van der Waals surface area contributed by atoms with E-state index in [9.17, 15) is 13.2 Å². The molecule has 1 aromatic rings. The topological polar surface area (TPSA) is 84.5 Å². The van der Waals surface area contributed by atoms with Crippen LogP contribution in [-0.4, -0.2) is 40.6 Å². The summed E-state index contributed by atoms with van der Waals surface area (Å²) in [7, 11) is -3.43. The number of benzene rings is 1. The lowest BCUT2D eigenvalue weighted by Gasteiger charge is -2.07. The van der Waals surface area contributed by atoms with Crippen LogP contribution in [0.1, 0.15) is 38.7 Å². The fraction of sp³-hybridized carbons (Fsp3) is 0.588. The maximum Gasteiger partial charge on any atom is 0.240 e. The molecular weight excluding hydrogens is 328 g/mol. The van der Waals surface area contributed by atoms with Crippen molar-refractivity contribution >= 4 is 15.9 Å². The zero-order valence-electron chi connectivity index (χ0n) is 14.5. The molecule has 136 valence electrons. The number of hydrogen-bond acceptors (Lipinski definition) is 4. The van der Waals surface area contributed by atoms with Crippen LogP contribution in [0.25, 0.3) is 0 Å². The van der Waals surface area contributed by atoms with Gasteiger partial charge in [-0.2, -0.15) is 0 Å². The minimum atomic E-state index is -3.43. The third-order valence-electron chi connectivity index (χ3n) is 3.41. The van der Waals surface area contributed by atoms with Crippen LogP contribution in [0, 0.1) is 0 Å². The van der Waals surface area contributed by atoms with E-state index in [1.54, 1.807) is 24.3 Å². The summed E-state index contributed by atoms with van der Waals surface area (Å²) < 4.78 is 31.7. The molecule has 0 aromatic heterocycles. The van der Waals surface area contributed by atoms with Gasteiger partial charge in [-0.05, 0) is 43.9 Å². The Morgan fingerprint density at radius 3 is 2.46 bits per heavy atom. The van der Waals surface area contributed by atoms with Gasteiger partial charge in [0.2, 0.25) is 15.9 Å². The number of nitrogens with one attached hydrogen (secondary N) is 2. The number of carbonyl (C=O) groups excluding carboxylic acids is 1. The van der Waals surface area contributed by atoms with Crippen molar-refractivity contribution < 1.29 is 17.9 Å². The van der Waals surface area contributed by atoms with Crippen LogP contribution in [0.15, 0.2) is 29.2 Å². The highest BCUT2D eigenvalue weighted by atomic mass is 32.2. The molecule has 2 N–H and O–H groups in total. The summed E-state index contributed by atoms with van der Waals surface area (Å²) in [6, 6.07) is 6.66. The van der Waals surface area contributed by atoms with Crippen molar-refractivity contribution in [2.75, 3.05) is 26.3 Å². The number of carbonyl (C=O) groups is 1. The van der Waals surface area contributed by atoms with E-state index in [1.165, 1.54) is 0 Å². The Morgan fingerprint density at radius 1 is 1.12 bits per heavy atom. The van der Waals surface area contributed by atoms with Gasteiger partial charge in [0.1, 0.15) is 0 Å². The van der Waals surface area contributed by atoms with Crippen LogP contribution in [0.3, 0.4) is 0 Å². The van der Waals surface area contributed by atoms with Gasteiger partial charge in [0.15, 0.2) is 0 Å². The summed E-state index contributed by atoms with van der Waals surface area (Å²) >= 11 is 0. The zero-order chi connectivity index (χ0) is 17.8. The van der Waals surface area contributed by atoms with Gasteiger partial charge in [-0.3, -0.25) is 4.79 Å². The predicted octanol–water partition coefficient (Wildman–Crippen LogP) is 1.85. The molecule has 1 rings (SSSR count). The molecule has 0 saturated carbocycles. The molecule has 0 fully saturated rings. The SMILES string of the molecule is CCCNS(=O)(=O)c1ccc(CCC(=O)NCCCOCC)cc1. The summed E-state index contributed by atoms with van der Waals surface area (Å²) in [5, 5.41) is 2.85. The molecule has 0 unspecified atom stereocenters. The molecule has 0 aliphatic rings. The van der Waals surface area contributed by atoms with E-state index in [2.05, 4.69) is 10.0 Å². The Bertz CT molecular complexity index is 585. The first-order valence-electron chi connectivity index (χ1n) is 8.42. The van der Waals surface area contributed by atoms with Gasteiger partial charge in [-0.15, -0.1) is 0 Å². The monoisotopic (exact) mass is 356 g/mol. The van der Waals surface area contributed by atoms with Crippen LogP contribution in [0.2, 0.25) is 0 Å². The maximum atomic E-state index is 12.0. The van der Waals surface area contributed by atoms with Crippen molar-refractivity contribution in [3.8, 4) is 0 Å². The molecule has 0 heterocycles. The van der Waals surface area contributed by atoms with Crippen molar-refractivity contribution in [1.82, 2.24) is 10.0 Å². The quantitative estimate of drug-likeness (QED) is 0.560. The van der Waals surface area contributed by atoms with Crippen molar-refractivity contribution in [3.63, 3.8) is 0 Å². The molecule has 0 atom stereocenters. The molecule has 1 amide bonds. The predicted molar refractivity (Wildman–Crippen MR) is 94.4 cm³/mol. The van der Waals surface area contributed by atoms with E-state index in [-0.39, 0.29) is 10.8 Å². The summed E-state index contributed by atoms with van der Waals surface area (Å²) in [5.74, 6) is -0.00666. The van der Waals surface area contributed by atoms with Gasteiger partial charge >= 0.3 is 0 Å². The highest BCUT2D eigenvalue weighted by Gasteiger charge is 2.12. The molecular formula is C17H28N2O4S. The average molecular weight is 356 g/mol. The van der Waals surface area contributed by atoms with Crippen LogP contribution >= 0.6 is 0 Å². The van der Waals surface area contributed by atoms with E-state index in [4.69, 9.17) is 4.74 Å². The zero-order valence-corrected chi connectivity index (χ0v) is 15.3. The highest BCUT2D eigenvalue weighted by molar-refractivity contribution is 7.89. The summed E-state index contributed by atoms with van der Waals surface area (Å²) in [6.45, 7) is 6.22. The normalized spacial score (nSPS) is 11.4. The van der Waals surface area contributed by atoms with Gasteiger partial charge in [0, 0.05) is 32.7 Å². The number of ether oxygens (including phenoxy) is 1. The van der Waals surface area contributed by atoms with E-state index in [0.29, 0.717) is 39.1 Å². The fourth-order valence-electron chi connectivity index (χ4n) is 2.05. The van der Waals surface area contributed by atoms with Crippen molar-refractivity contribution in [2.45, 2.75) is 44.4 Å². The Labute approximate surface area is 145 Å². The molecule has 24 heavy (non-hydrogen) atoms. The molecule has 0 bridgehead atoms. The second-order valence-corrected chi connectivity index (χ2v) is 7.21. The molecule has 7 heteroatoms. The van der Waals surface area contributed by atoms with E-state index >= 15 is 0 Å². The molecule has 0 saturated heterocycles. The minimum absolute atomic E-state index is 0.00666. The first-order valence-corrected chi connectivity index (χ1v) is 9.91. The average Bonchev–Trinajstić information content (AvgIpc) is 2.58. The number of rotatable bonds is 12. The van der Waals surface area contributed by atoms with E-state index in [1.807, 2.05) is 13.8 Å². The van der Waals surface area contributed by atoms with E-state index < -0.39 is 10.0 Å². The lowest BCUT2D eigenvalue weighted by Crippen LogP contribution is -2.25. The van der Waals surface area contributed by atoms with Crippen LogP contribution in [0.5, 0.6) is 0 Å². The smallest absolute Gasteiger partial charge is 0.240 e. The van der Waals surface area contributed by atoms with Crippen molar-refractivity contribution in [1.29, 1.82) is 0 Å². The van der Waals surface area contributed by atoms with Crippen molar-refractivity contribution in [3.05, 3.63) is 29.8 Å². The Balaban J connectivity index is 2.38. The van der Waals surface area contributed by atoms with Gasteiger partial charge in [-0.25, -0.2) is 13.1 Å². The molecule has 0 radical (unpaired) electrons. The summed E-state index contributed by atoms with van der Waals surface area (Å²) in [5.41, 5.74) is 0.939. The van der Waals surface area contributed by atoms with Gasteiger partial charge in [0.05, 0.1) is 4.90 Å². The highest BCUT2D eigenvalue weighted by Crippen LogP contribution is 2.11. The Kier molecular flexibility index (Phi) is 9.59. The second-order valence-electron chi connectivity index (χ2n) is 5.44. The number of amides is 1. The third kappa shape index (κ3) is 7.90. The van der Waals surface area contributed by atoms with Gasteiger partial charge in [0.25, 0.3) is 0 Å². The Hall–Kier alpha value is -1.44. The standard InChI is InChI=1S/C17H28N2O4S/c1-3-12-19-24(21,22)16-9-6-15(7-10-16)8-11-17(20)18-13-5-14-23-4-2/h6-7,9-10,19H,3-5,8,11-14H2,1-2H3,(H,18,20). The third-order valence-corrected chi connectivity index (χ3v) is 4.89. The molecule has 1 aromatic carbocycles. The number of sulfonamides is 1. The van der Waals surface area contributed by atoms with E-state index in [0.717, 1.165) is 18.4 Å². The Morgan fingerprint density at radius 2 is 1.83 bits per heavy atom. The fourth-order valence-corrected chi connectivity index (χ4v) is 3.18. The number of aryl methyl sites for hydroxylation is 1. The minimum Gasteiger partial charge on any atom is -0.382 e. The first kappa shape index (κ1) is 20.6. The largest absolute Gasteiger partial charge is 0.382 e. The maximum absolute atomic E-state index is 12.0. The van der Waals surface area contributed by atoms with Crippen LogP contribution < -0.4 is 10.0 Å². The lowest BCUT2D eigenvalue weighted by molar-refractivity contribution is -0.121. The van der Waals surface area contributed by atoms with Gasteiger partial charge < -0.3 is 10.1 Å². The van der Waals surface area contributed by atoms with Crippen molar-refractivity contribution in [2.24, 2.45) is 0 Å². The molecule has 0 spiro atoms. The molecule has 0 aliphatic heterocycles. The molecule has 6 nitrogen and oxygen atoms in total. The second kappa shape index (κ2) is 11.2. The summed E-state index contributed by atoms with van der Waals surface area (Å²) in [6.07, 6.45) is 2.52. The molecule has 0 aliphatic carbocycles. The lowest BCUT2D eigenvalue weighted by atomic mass is 10.1. The van der Waals surface area contributed by atoms with Gasteiger partial charge in [-0.1, -0.05) is 19.1 Å². The van der Waals surface area contributed by atoms with Crippen LogP contribution in [0.4, 0.5) is 0 Å². The van der Waals surface area contributed by atoms with Crippen LogP contribution in [-0.2, 0) is 26.0 Å². The first-order chi connectivity index (χ1) is 11.5.